The van der Waals surface area contributed by atoms with Crippen molar-refractivity contribution < 1.29 is 0 Å². The average molecular weight is 286 g/mol. The molecule has 2 aromatic rings. The van der Waals surface area contributed by atoms with Crippen molar-refractivity contribution in [3.63, 3.8) is 0 Å². The number of hydrogen-bond acceptors (Lipinski definition) is 0. The maximum atomic E-state index is 2.71. The fourth-order valence-corrected chi connectivity index (χ4v) is 2.03. The Labute approximate surface area is 87.7 Å². The lowest BCUT2D eigenvalue weighted by Gasteiger charge is -1.99. The van der Waals surface area contributed by atoms with E-state index < -0.39 is 0 Å². The zero-order valence-corrected chi connectivity index (χ0v) is 9.73. The van der Waals surface area contributed by atoms with E-state index in [1.807, 2.05) is 0 Å². The van der Waals surface area contributed by atoms with E-state index in [2.05, 4.69) is 68.2 Å². The summed E-state index contributed by atoms with van der Waals surface area (Å²) < 4.78 is 1.29. The fourth-order valence-electron chi connectivity index (χ4n) is 1.24. The van der Waals surface area contributed by atoms with Gasteiger partial charge in [-0.3, -0.25) is 0 Å². The Bertz CT molecular complexity index is 382. The summed E-state index contributed by atoms with van der Waals surface area (Å²) in [4.78, 5) is 0. The summed E-state index contributed by atoms with van der Waals surface area (Å²) in [5.41, 5.74) is 0. The van der Waals surface area contributed by atoms with Gasteiger partial charge < -0.3 is 0 Å². The Hall–Kier alpha value is -0.140. The number of fused-ring (bicyclic) bond motifs is 1. The van der Waals surface area contributed by atoms with Crippen LogP contribution in [0.2, 0.25) is 0 Å². The van der Waals surface area contributed by atoms with Crippen molar-refractivity contribution in [1.82, 2.24) is 0 Å². The van der Waals surface area contributed by atoms with Crippen LogP contribution in [0.5, 0.6) is 0 Å². The molecule has 0 radical (unpaired) electrons. The molecule has 0 aliphatic rings. The smallest absolute Gasteiger partial charge is 0.0136 e. The Morgan fingerprint density at radius 2 is 1.58 bits per heavy atom. The van der Waals surface area contributed by atoms with Crippen LogP contribution >= 0.6 is 31.8 Å². The molecule has 0 fully saturated rings. The summed E-state index contributed by atoms with van der Waals surface area (Å²) in [5, 5.41) is 3.86. The summed E-state index contributed by atoms with van der Waals surface area (Å²) in [6.45, 7) is 0. The number of rotatable bonds is 0. The first-order valence-corrected chi connectivity index (χ1v) is 5.36. The van der Waals surface area contributed by atoms with E-state index in [9.17, 15) is 0 Å². The van der Waals surface area contributed by atoms with Gasteiger partial charge in [0.2, 0.25) is 0 Å². The second kappa shape index (κ2) is 3.31. The summed E-state index contributed by atoms with van der Waals surface area (Å²) >= 11 is 2.33. The molecule has 1 atom stereocenters. The first kappa shape index (κ1) is 8.46. The van der Waals surface area contributed by atoms with Gasteiger partial charge >= 0.3 is 0 Å². The van der Waals surface area contributed by atoms with Gasteiger partial charge in [-0.2, -0.15) is 0 Å². The Morgan fingerprint density at radius 1 is 0.917 bits per heavy atom. The molecular weight excluding hydrogens is 278 g/mol. The molecular formula is C10H8IP. The topological polar surface area (TPSA) is 0 Å². The largest absolute Gasteiger partial charge is 0.106 e. The molecule has 0 saturated carbocycles. The van der Waals surface area contributed by atoms with E-state index in [4.69, 9.17) is 0 Å². The van der Waals surface area contributed by atoms with E-state index in [1.54, 1.807) is 0 Å². The first-order chi connectivity index (χ1) is 5.75. The lowest BCUT2D eigenvalue weighted by Crippen LogP contribution is -1.87. The normalized spacial score (nSPS) is 10.5. The molecule has 2 heteroatoms. The predicted molar refractivity (Wildman–Crippen MR) is 66.0 cm³/mol. The van der Waals surface area contributed by atoms with Gasteiger partial charge in [0.25, 0.3) is 0 Å². The Balaban J connectivity index is 2.79. The number of hydrogen-bond donors (Lipinski definition) is 0. The van der Waals surface area contributed by atoms with Gasteiger partial charge in [-0.15, -0.1) is 9.24 Å². The molecule has 60 valence electrons. The van der Waals surface area contributed by atoms with Gasteiger partial charge in [0, 0.05) is 3.57 Å². The quantitative estimate of drug-likeness (QED) is 0.516. The lowest BCUT2D eigenvalue weighted by molar-refractivity contribution is 1.72. The lowest BCUT2D eigenvalue weighted by atomic mass is 10.1. The molecule has 0 aliphatic heterocycles. The second-order valence-electron chi connectivity index (χ2n) is 2.75. The molecule has 0 saturated heterocycles. The maximum absolute atomic E-state index is 2.71. The predicted octanol–water partition coefficient (Wildman–Crippen LogP) is 2.94. The third kappa shape index (κ3) is 1.62. The molecule has 0 aromatic heterocycles. The van der Waals surface area contributed by atoms with E-state index in [1.165, 1.54) is 19.6 Å². The molecule has 0 spiro atoms. The SMILES string of the molecule is Pc1ccc2cc(I)ccc2c1. The van der Waals surface area contributed by atoms with Crippen LogP contribution in [0.25, 0.3) is 10.8 Å². The highest BCUT2D eigenvalue weighted by Gasteiger charge is 1.93. The third-order valence-electron chi connectivity index (χ3n) is 1.83. The minimum Gasteiger partial charge on any atom is -0.106 e. The van der Waals surface area contributed by atoms with Crippen LogP contribution < -0.4 is 5.30 Å². The van der Waals surface area contributed by atoms with Crippen molar-refractivity contribution in [3.8, 4) is 0 Å². The zero-order chi connectivity index (χ0) is 8.55. The van der Waals surface area contributed by atoms with Crippen LogP contribution in [-0.4, -0.2) is 0 Å². The minimum absolute atomic E-state index is 1.24. The van der Waals surface area contributed by atoms with Crippen molar-refractivity contribution >= 4 is 47.9 Å². The van der Waals surface area contributed by atoms with Crippen LogP contribution in [0.4, 0.5) is 0 Å². The highest BCUT2D eigenvalue weighted by Crippen LogP contribution is 2.16. The van der Waals surface area contributed by atoms with E-state index in [0.29, 0.717) is 0 Å². The highest BCUT2D eigenvalue weighted by atomic mass is 127. The van der Waals surface area contributed by atoms with E-state index in [0.717, 1.165) is 0 Å². The van der Waals surface area contributed by atoms with Crippen LogP contribution in [0, 0.1) is 3.57 Å². The minimum atomic E-state index is 1.24. The van der Waals surface area contributed by atoms with Gasteiger partial charge in [0.15, 0.2) is 0 Å². The van der Waals surface area contributed by atoms with Gasteiger partial charge in [-0.1, -0.05) is 18.2 Å². The van der Waals surface area contributed by atoms with Gasteiger partial charge in [0.1, 0.15) is 0 Å². The second-order valence-corrected chi connectivity index (χ2v) is 4.66. The number of halogens is 1. The number of benzene rings is 2. The van der Waals surface area contributed by atoms with Crippen molar-refractivity contribution in [2.45, 2.75) is 0 Å². The Kier molecular flexibility index (Phi) is 2.33. The fraction of sp³-hybridized carbons (Fsp3) is 0. The molecule has 0 nitrogen and oxygen atoms in total. The van der Waals surface area contributed by atoms with E-state index in [-0.39, 0.29) is 0 Å². The van der Waals surface area contributed by atoms with Crippen molar-refractivity contribution in [2.24, 2.45) is 0 Å². The molecule has 2 aromatic carbocycles. The summed E-state index contributed by atoms with van der Waals surface area (Å²) in [6, 6.07) is 12.9. The standard InChI is InChI=1S/C10H8IP/c11-9-3-1-8-6-10(12)4-2-7(8)5-9/h1-6H,12H2. The maximum Gasteiger partial charge on any atom is 0.0136 e. The van der Waals surface area contributed by atoms with E-state index >= 15 is 0 Å². The summed E-state index contributed by atoms with van der Waals surface area (Å²) in [6.07, 6.45) is 0. The molecule has 0 aliphatic carbocycles. The van der Waals surface area contributed by atoms with Crippen LogP contribution in [0.15, 0.2) is 36.4 Å². The molecule has 0 bridgehead atoms. The zero-order valence-electron chi connectivity index (χ0n) is 6.42. The molecule has 1 unspecified atom stereocenters. The summed E-state index contributed by atoms with van der Waals surface area (Å²) in [7, 11) is 2.71. The van der Waals surface area contributed by atoms with Gasteiger partial charge in [-0.05, 0) is 56.9 Å². The molecule has 0 amide bonds. The summed E-state index contributed by atoms with van der Waals surface area (Å²) in [5.74, 6) is 0. The van der Waals surface area contributed by atoms with Gasteiger partial charge in [-0.25, -0.2) is 0 Å². The van der Waals surface area contributed by atoms with Crippen molar-refractivity contribution in [2.75, 3.05) is 0 Å². The molecule has 2 rings (SSSR count). The van der Waals surface area contributed by atoms with Crippen LogP contribution in [0.1, 0.15) is 0 Å². The van der Waals surface area contributed by atoms with Crippen LogP contribution in [0.3, 0.4) is 0 Å². The molecule has 0 heterocycles. The monoisotopic (exact) mass is 286 g/mol. The highest BCUT2D eigenvalue weighted by molar-refractivity contribution is 14.1. The third-order valence-corrected chi connectivity index (χ3v) is 2.86. The molecule has 12 heavy (non-hydrogen) atoms. The van der Waals surface area contributed by atoms with Crippen molar-refractivity contribution in [1.29, 1.82) is 0 Å². The first-order valence-electron chi connectivity index (χ1n) is 3.70. The Morgan fingerprint density at radius 3 is 2.42 bits per heavy atom. The van der Waals surface area contributed by atoms with Crippen LogP contribution in [-0.2, 0) is 0 Å². The average Bonchev–Trinajstić information content (AvgIpc) is 2.05. The van der Waals surface area contributed by atoms with Gasteiger partial charge in [0.05, 0.1) is 0 Å². The van der Waals surface area contributed by atoms with Crippen molar-refractivity contribution in [3.05, 3.63) is 40.0 Å². The molecule has 0 N–H and O–H groups in total.